The van der Waals surface area contributed by atoms with E-state index < -0.39 is 0 Å². The molecule has 2 heteroatoms. The minimum Gasteiger partial charge on any atom is -0.496 e. The number of ether oxygens (including phenoxy) is 1. The first-order valence-corrected chi connectivity index (χ1v) is 7.30. The normalized spacial score (nSPS) is 31.3. The molecule has 2 atom stereocenters. The van der Waals surface area contributed by atoms with Gasteiger partial charge >= 0.3 is 0 Å². The van der Waals surface area contributed by atoms with E-state index in [0.29, 0.717) is 11.8 Å². The Bertz CT molecular complexity index is 457. The summed E-state index contributed by atoms with van der Waals surface area (Å²) in [6.45, 7) is 8.89. The van der Waals surface area contributed by atoms with Crippen LogP contribution in [-0.4, -0.2) is 7.11 Å². The molecule has 2 unspecified atom stereocenters. The highest BCUT2D eigenvalue weighted by Crippen LogP contribution is 2.45. The van der Waals surface area contributed by atoms with Gasteiger partial charge in [0.05, 0.1) is 7.11 Å². The van der Waals surface area contributed by atoms with Crippen LogP contribution in [0.25, 0.3) is 0 Å². The van der Waals surface area contributed by atoms with Gasteiger partial charge < -0.3 is 10.5 Å². The van der Waals surface area contributed by atoms with Crippen molar-refractivity contribution in [2.75, 3.05) is 7.11 Å². The van der Waals surface area contributed by atoms with Gasteiger partial charge in [-0.1, -0.05) is 19.9 Å². The Morgan fingerprint density at radius 2 is 1.74 bits per heavy atom. The number of benzene rings is 1. The highest BCUT2D eigenvalue weighted by atomic mass is 16.5. The molecule has 1 aromatic rings. The summed E-state index contributed by atoms with van der Waals surface area (Å²) in [6.07, 6.45) is 3.39. The fraction of sp³-hybridized carbons (Fsp3) is 0.647. The lowest BCUT2D eigenvalue weighted by atomic mass is 9.68. The minimum absolute atomic E-state index is 0.236. The van der Waals surface area contributed by atoms with E-state index in [1.54, 1.807) is 7.11 Å². The van der Waals surface area contributed by atoms with Crippen LogP contribution >= 0.6 is 0 Å². The first kappa shape index (κ1) is 14.4. The number of methoxy groups -OCH3 is 1. The average Bonchev–Trinajstić information content (AvgIpc) is 2.24. The molecular weight excluding hydrogens is 234 g/mol. The minimum atomic E-state index is -0.236. The van der Waals surface area contributed by atoms with Crippen molar-refractivity contribution in [2.45, 2.75) is 52.5 Å². The van der Waals surface area contributed by atoms with Crippen molar-refractivity contribution in [2.24, 2.45) is 17.6 Å². The second-order valence-electron chi connectivity index (χ2n) is 6.67. The Morgan fingerprint density at radius 1 is 1.16 bits per heavy atom. The van der Waals surface area contributed by atoms with Crippen molar-refractivity contribution < 1.29 is 4.74 Å². The Hall–Kier alpha value is -1.02. The van der Waals surface area contributed by atoms with E-state index in [4.69, 9.17) is 10.5 Å². The Balaban J connectivity index is 2.50. The van der Waals surface area contributed by atoms with Crippen LogP contribution in [0.1, 0.15) is 49.8 Å². The third-order valence-corrected chi connectivity index (χ3v) is 4.39. The summed E-state index contributed by atoms with van der Waals surface area (Å²) in [4.78, 5) is 0. The van der Waals surface area contributed by atoms with Gasteiger partial charge in [0.1, 0.15) is 5.75 Å². The molecule has 1 aromatic carbocycles. The zero-order valence-electron chi connectivity index (χ0n) is 12.9. The van der Waals surface area contributed by atoms with Gasteiger partial charge in [0.2, 0.25) is 0 Å². The smallest absolute Gasteiger partial charge is 0.124 e. The van der Waals surface area contributed by atoms with Crippen LogP contribution in [0.2, 0.25) is 0 Å². The van der Waals surface area contributed by atoms with E-state index in [0.717, 1.165) is 18.6 Å². The lowest BCUT2D eigenvalue weighted by Gasteiger charge is -2.42. The Morgan fingerprint density at radius 3 is 2.26 bits per heavy atom. The number of aryl methyl sites for hydroxylation is 2. The quantitative estimate of drug-likeness (QED) is 0.875. The highest BCUT2D eigenvalue weighted by molar-refractivity contribution is 5.47. The molecule has 1 aliphatic carbocycles. The van der Waals surface area contributed by atoms with Crippen molar-refractivity contribution in [1.82, 2.24) is 0 Å². The summed E-state index contributed by atoms with van der Waals surface area (Å²) >= 11 is 0. The van der Waals surface area contributed by atoms with Crippen LogP contribution in [0.5, 0.6) is 5.75 Å². The van der Waals surface area contributed by atoms with Gasteiger partial charge in [-0.2, -0.15) is 0 Å². The third-order valence-electron chi connectivity index (χ3n) is 4.39. The topological polar surface area (TPSA) is 35.2 Å². The average molecular weight is 261 g/mol. The molecule has 1 aliphatic rings. The maximum absolute atomic E-state index is 6.81. The van der Waals surface area contributed by atoms with Crippen LogP contribution in [0, 0.1) is 25.7 Å². The summed E-state index contributed by atoms with van der Waals surface area (Å²) in [5.41, 5.74) is 10.3. The largest absolute Gasteiger partial charge is 0.496 e. The fourth-order valence-electron chi connectivity index (χ4n) is 4.11. The second kappa shape index (κ2) is 5.16. The molecule has 106 valence electrons. The van der Waals surface area contributed by atoms with Crippen LogP contribution in [0.15, 0.2) is 12.1 Å². The molecule has 0 spiro atoms. The maximum atomic E-state index is 6.81. The molecule has 1 saturated carbocycles. The fourth-order valence-corrected chi connectivity index (χ4v) is 4.11. The summed E-state index contributed by atoms with van der Waals surface area (Å²) in [5.74, 6) is 2.32. The highest BCUT2D eigenvalue weighted by Gasteiger charge is 2.38. The molecule has 0 bridgehead atoms. The summed E-state index contributed by atoms with van der Waals surface area (Å²) < 4.78 is 5.62. The van der Waals surface area contributed by atoms with Crippen LogP contribution < -0.4 is 10.5 Å². The lowest BCUT2D eigenvalue weighted by Crippen LogP contribution is -2.44. The van der Waals surface area contributed by atoms with E-state index in [-0.39, 0.29) is 5.54 Å². The zero-order valence-corrected chi connectivity index (χ0v) is 12.9. The molecule has 19 heavy (non-hydrogen) atoms. The Kier molecular flexibility index (Phi) is 3.91. The van der Waals surface area contributed by atoms with E-state index in [1.807, 2.05) is 0 Å². The van der Waals surface area contributed by atoms with Gasteiger partial charge in [-0.05, 0) is 62.1 Å². The monoisotopic (exact) mass is 261 g/mol. The molecule has 0 amide bonds. The molecule has 0 radical (unpaired) electrons. The van der Waals surface area contributed by atoms with Crippen molar-refractivity contribution >= 4 is 0 Å². The van der Waals surface area contributed by atoms with Crippen molar-refractivity contribution in [1.29, 1.82) is 0 Å². The molecule has 2 rings (SSSR count). The maximum Gasteiger partial charge on any atom is 0.124 e. The van der Waals surface area contributed by atoms with Crippen LogP contribution in [0.3, 0.4) is 0 Å². The van der Waals surface area contributed by atoms with Gasteiger partial charge in [-0.15, -0.1) is 0 Å². The molecule has 2 N–H and O–H groups in total. The molecule has 0 saturated heterocycles. The molecular formula is C17H27NO. The summed E-state index contributed by atoms with van der Waals surface area (Å²) in [6, 6.07) is 4.33. The van der Waals surface area contributed by atoms with Gasteiger partial charge in [-0.25, -0.2) is 0 Å². The third kappa shape index (κ3) is 2.79. The molecule has 0 aliphatic heterocycles. The van der Waals surface area contributed by atoms with Crippen molar-refractivity contribution in [3.8, 4) is 5.75 Å². The van der Waals surface area contributed by atoms with E-state index in [9.17, 15) is 0 Å². The number of rotatable bonds is 2. The van der Waals surface area contributed by atoms with Crippen molar-refractivity contribution in [3.05, 3.63) is 28.8 Å². The Labute approximate surface area is 117 Å². The standard InChI is InChI=1S/C17H27NO/c1-11-7-14(4)16(15(8-11)19-5)17(18)9-12(2)6-13(3)10-17/h7-8,12-13H,6,9-10,18H2,1-5H3. The van der Waals surface area contributed by atoms with Gasteiger partial charge in [0.15, 0.2) is 0 Å². The van der Waals surface area contributed by atoms with Crippen LogP contribution in [-0.2, 0) is 5.54 Å². The summed E-state index contributed by atoms with van der Waals surface area (Å²) in [7, 11) is 1.75. The number of nitrogens with two attached hydrogens (primary N) is 1. The van der Waals surface area contributed by atoms with Gasteiger partial charge in [0, 0.05) is 11.1 Å². The van der Waals surface area contributed by atoms with Gasteiger partial charge in [0.25, 0.3) is 0 Å². The van der Waals surface area contributed by atoms with E-state index in [1.165, 1.54) is 23.1 Å². The van der Waals surface area contributed by atoms with Gasteiger partial charge in [-0.3, -0.25) is 0 Å². The first-order chi connectivity index (χ1) is 8.85. The predicted molar refractivity (Wildman–Crippen MR) is 80.5 cm³/mol. The first-order valence-electron chi connectivity index (χ1n) is 7.30. The summed E-state index contributed by atoms with van der Waals surface area (Å²) in [5, 5.41) is 0. The van der Waals surface area contributed by atoms with Crippen LogP contribution in [0.4, 0.5) is 0 Å². The number of hydrogen-bond donors (Lipinski definition) is 1. The van der Waals surface area contributed by atoms with E-state index in [2.05, 4.69) is 39.8 Å². The molecule has 0 aromatic heterocycles. The predicted octanol–water partition coefficient (Wildman–Crippen LogP) is 3.92. The molecule has 0 heterocycles. The van der Waals surface area contributed by atoms with E-state index >= 15 is 0 Å². The molecule has 1 fully saturated rings. The van der Waals surface area contributed by atoms with Crippen molar-refractivity contribution in [3.63, 3.8) is 0 Å². The second-order valence-corrected chi connectivity index (χ2v) is 6.67. The number of hydrogen-bond acceptors (Lipinski definition) is 2. The lowest BCUT2D eigenvalue weighted by molar-refractivity contribution is 0.179. The molecule has 2 nitrogen and oxygen atoms in total. The zero-order chi connectivity index (χ0) is 14.2. The SMILES string of the molecule is COc1cc(C)cc(C)c1C1(N)CC(C)CC(C)C1.